The van der Waals surface area contributed by atoms with Crippen molar-refractivity contribution < 1.29 is 9.52 Å². The van der Waals surface area contributed by atoms with Crippen molar-refractivity contribution in [1.29, 1.82) is 0 Å². The Kier molecular flexibility index (Phi) is 5.47. The van der Waals surface area contributed by atoms with Crippen molar-refractivity contribution in [3.8, 4) is 16.9 Å². The van der Waals surface area contributed by atoms with Crippen molar-refractivity contribution in [2.45, 2.75) is 32.1 Å². The molecule has 0 amide bonds. The first-order valence-corrected chi connectivity index (χ1v) is 9.41. The SMILES string of the molecule is Cc1cc(C)c(-c2c(O)cc(CCSc3ccncc3)oc2=O)c(C)c1. The molecule has 3 rings (SSSR count). The van der Waals surface area contributed by atoms with Gasteiger partial charge in [-0.05, 0) is 49.6 Å². The summed E-state index contributed by atoms with van der Waals surface area (Å²) in [5.41, 5.74) is 3.52. The summed E-state index contributed by atoms with van der Waals surface area (Å²) in [7, 11) is 0. The number of aromatic nitrogens is 1. The maximum absolute atomic E-state index is 12.5. The lowest BCUT2D eigenvalue weighted by Gasteiger charge is -2.12. The number of aryl methyl sites for hydroxylation is 4. The third kappa shape index (κ3) is 3.99. The molecule has 0 radical (unpaired) electrons. The minimum absolute atomic E-state index is 0.0276. The molecule has 0 unspecified atom stereocenters. The van der Waals surface area contributed by atoms with Crippen LogP contribution in [0.25, 0.3) is 11.1 Å². The Morgan fingerprint density at radius 3 is 2.31 bits per heavy atom. The monoisotopic (exact) mass is 367 g/mol. The maximum Gasteiger partial charge on any atom is 0.347 e. The molecule has 26 heavy (non-hydrogen) atoms. The van der Waals surface area contributed by atoms with Gasteiger partial charge < -0.3 is 9.52 Å². The maximum atomic E-state index is 12.5. The largest absolute Gasteiger partial charge is 0.507 e. The van der Waals surface area contributed by atoms with E-state index in [1.54, 1.807) is 30.2 Å². The highest BCUT2D eigenvalue weighted by atomic mass is 32.2. The summed E-state index contributed by atoms with van der Waals surface area (Å²) in [6.07, 6.45) is 4.05. The summed E-state index contributed by atoms with van der Waals surface area (Å²) >= 11 is 1.65. The normalized spacial score (nSPS) is 10.9. The van der Waals surface area contributed by atoms with Gasteiger partial charge in [-0.3, -0.25) is 4.98 Å². The van der Waals surface area contributed by atoms with Gasteiger partial charge in [-0.25, -0.2) is 4.79 Å². The number of hydrogen-bond acceptors (Lipinski definition) is 5. The van der Waals surface area contributed by atoms with Gasteiger partial charge in [-0.15, -0.1) is 11.8 Å². The van der Waals surface area contributed by atoms with E-state index >= 15 is 0 Å². The van der Waals surface area contributed by atoms with E-state index in [9.17, 15) is 9.90 Å². The summed E-state index contributed by atoms with van der Waals surface area (Å²) < 4.78 is 5.48. The van der Waals surface area contributed by atoms with Gasteiger partial charge in [0.1, 0.15) is 17.1 Å². The van der Waals surface area contributed by atoms with Crippen LogP contribution in [0.1, 0.15) is 22.5 Å². The van der Waals surface area contributed by atoms with Crippen LogP contribution in [0.15, 0.2) is 56.8 Å². The third-order valence-electron chi connectivity index (χ3n) is 4.18. The Morgan fingerprint density at radius 2 is 1.69 bits per heavy atom. The Labute approximate surface area is 156 Å². The van der Waals surface area contributed by atoms with Crippen molar-refractivity contribution in [2.75, 3.05) is 5.75 Å². The van der Waals surface area contributed by atoms with Gasteiger partial charge in [0.15, 0.2) is 0 Å². The molecule has 134 valence electrons. The summed E-state index contributed by atoms with van der Waals surface area (Å²) in [6.45, 7) is 5.89. The first kappa shape index (κ1) is 18.3. The molecule has 2 aromatic heterocycles. The number of hydrogen-bond donors (Lipinski definition) is 1. The molecule has 3 aromatic rings. The van der Waals surface area contributed by atoms with Gasteiger partial charge >= 0.3 is 5.63 Å². The molecule has 0 spiro atoms. The highest BCUT2D eigenvalue weighted by molar-refractivity contribution is 7.99. The Bertz CT molecular complexity index is 957. The standard InChI is InChI=1S/C21H21NO3S/c1-13-10-14(2)19(15(3)11-13)20-18(23)12-16(25-21(20)24)6-9-26-17-4-7-22-8-5-17/h4-5,7-8,10-12,23H,6,9H2,1-3H3. The van der Waals surface area contributed by atoms with Crippen molar-refractivity contribution in [3.05, 3.63) is 75.6 Å². The molecule has 1 N–H and O–H groups in total. The molecule has 2 heterocycles. The van der Waals surface area contributed by atoms with E-state index in [1.807, 2.05) is 45.0 Å². The summed E-state index contributed by atoms with van der Waals surface area (Å²) in [5.74, 6) is 1.20. The van der Waals surface area contributed by atoms with Crippen molar-refractivity contribution in [3.63, 3.8) is 0 Å². The Morgan fingerprint density at radius 1 is 1.04 bits per heavy atom. The molecule has 0 aliphatic heterocycles. The molecule has 0 atom stereocenters. The molecule has 1 aromatic carbocycles. The van der Waals surface area contributed by atoms with E-state index < -0.39 is 5.63 Å². The highest BCUT2D eigenvalue weighted by Crippen LogP contribution is 2.33. The fourth-order valence-corrected chi connectivity index (χ4v) is 4.01. The fourth-order valence-electron chi connectivity index (χ4n) is 3.16. The van der Waals surface area contributed by atoms with Crippen LogP contribution in [0.4, 0.5) is 0 Å². The molecule has 0 saturated carbocycles. The molecule has 0 saturated heterocycles. The molecule has 0 bridgehead atoms. The van der Waals surface area contributed by atoms with Crippen LogP contribution in [-0.4, -0.2) is 15.8 Å². The van der Waals surface area contributed by atoms with E-state index in [2.05, 4.69) is 4.98 Å². The number of rotatable bonds is 5. The van der Waals surface area contributed by atoms with E-state index in [0.717, 1.165) is 32.9 Å². The van der Waals surface area contributed by atoms with Gasteiger partial charge in [-0.2, -0.15) is 0 Å². The second-order valence-electron chi connectivity index (χ2n) is 6.32. The Hall–Kier alpha value is -2.53. The molecule has 5 heteroatoms. The average Bonchev–Trinajstić information content (AvgIpc) is 2.57. The molecule has 0 aliphatic rings. The molecule has 0 fully saturated rings. The topological polar surface area (TPSA) is 63.3 Å². The van der Waals surface area contributed by atoms with Crippen LogP contribution in [0.3, 0.4) is 0 Å². The zero-order valence-electron chi connectivity index (χ0n) is 15.1. The predicted molar refractivity (Wildman–Crippen MR) is 105 cm³/mol. The van der Waals surface area contributed by atoms with Gasteiger partial charge in [0, 0.05) is 35.5 Å². The summed E-state index contributed by atoms with van der Waals surface area (Å²) in [4.78, 5) is 17.6. The van der Waals surface area contributed by atoms with Crippen molar-refractivity contribution in [1.82, 2.24) is 4.98 Å². The fraction of sp³-hybridized carbons (Fsp3) is 0.238. The lowest BCUT2D eigenvalue weighted by Crippen LogP contribution is -2.08. The van der Waals surface area contributed by atoms with Gasteiger partial charge in [0.05, 0.1) is 0 Å². The number of aromatic hydroxyl groups is 1. The predicted octanol–water partition coefficient (Wildman–Crippen LogP) is 4.67. The average molecular weight is 367 g/mol. The minimum atomic E-state index is -0.496. The molecular formula is C21H21NO3S. The smallest absolute Gasteiger partial charge is 0.347 e. The number of nitrogens with zero attached hydrogens (tertiary/aromatic N) is 1. The van der Waals surface area contributed by atoms with Gasteiger partial charge in [0.2, 0.25) is 0 Å². The lowest BCUT2D eigenvalue weighted by molar-refractivity contribution is 0.430. The number of pyridine rings is 1. The zero-order chi connectivity index (χ0) is 18.7. The molecular weight excluding hydrogens is 346 g/mol. The van der Waals surface area contributed by atoms with Crippen LogP contribution in [0.5, 0.6) is 5.75 Å². The van der Waals surface area contributed by atoms with Gasteiger partial charge in [0.25, 0.3) is 0 Å². The zero-order valence-corrected chi connectivity index (χ0v) is 15.9. The number of benzene rings is 1. The summed E-state index contributed by atoms with van der Waals surface area (Å²) in [5, 5.41) is 10.5. The van der Waals surface area contributed by atoms with E-state index in [4.69, 9.17) is 4.42 Å². The van der Waals surface area contributed by atoms with E-state index in [0.29, 0.717) is 12.2 Å². The van der Waals surface area contributed by atoms with Crippen LogP contribution >= 0.6 is 11.8 Å². The van der Waals surface area contributed by atoms with Crippen LogP contribution in [0.2, 0.25) is 0 Å². The van der Waals surface area contributed by atoms with Crippen LogP contribution < -0.4 is 5.63 Å². The third-order valence-corrected chi connectivity index (χ3v) is 5.19. The minimum Gasteiger partial charge on any atom is -0.507 e. The first-order chi connectivity index (χ1) is 12.5. The van der Waals surface area contributed by atoms with E-state index in [1.165, 1.54) is 0 Å². The number of thioether (sulfide) groups is 1. The Balaban J connectivity index is 1.84. The van der Waals surface area contributed by atoms with Crippen LogP contribution in [-0.2, 0) is 6.42 Å². The quantitative estimate of drug-likeness (QED) is 0.664. The van der Waals surface area contributed by atoms with Gasteiger partial charge in [-0.1, -0.05) is 17.7 Å². The first-order valence-electron chi connectivity index (χ1n) is 8.42. The molecule has 0 aliphatic carbocycles. The van der Waals surface area contributed by atoms with E-state index in [-0.39, 0.29) is 11.3 Å². The molecule has 4 nitrogen and oxygen atoms in total. The van der Waals surface area contributed by atoms with Crippen LogP contribution in [0, 0.1) is 20.8 Å². The summed E-state index contributed by atoms with van der Waals surface area (Å²) in [6, 6.07) is 9.43. The highest BCUT2D eigenvalue weighted by Gasteiger charge is 2.17. The second kappa shape index (κ2) is 7.79. The van der Waals surface area contributed by atoms with Crippen molar-refractivity contribution in [2.24, 2.45) is 0 Å². The lowest BCUT2D eigenvalue weighted by atomic mass is 9.94. The van der Waals surface area contributed by atoms with Crippen molar-refractivity contribution >= 4 is 11.8 Å². The second-order valence-corrected chi connectivity index (χ2v) is 7.48.